The molecule has 0 radical (unpaired) electrons. The minimum Gasteiger partial charge on any atom is -0.484 e. The largest absolute Gasteiger partial charge is 0.484 e. The van der Waals surface area contributed by atoms with Crippen molar-refractivity contribution in [3.8, 4) is 5.75 Å². The number of amides is 1. The number of nitrogens with one attached hydrogen (secondary N) is 1. The fraction of sp³-hybridized carbons (Fsp3) is 0.286. The van der Waals surface area contributed by atoms with E-state index in [4.69, 9.17) is 16.3 Å². The van der Waals surface area contributed by atoms with Crippen molar-refractivity contribution in [3.63, 3.8) is 0 Å². The molecule has 0 bridgehead atoms. The molecule has 0 aliphatic carbocycles. The van der Waals surface area contributed by atoms with E-state index in [1.165, 1.54) is 0 Å². The van der Waals surface area contributed by atoms with Gasteiger partial charge in [-0.05, 0) is 57.2 Å². The molecule has 2 unspecified atom stereocenters. The fourth-order valence-electron chi connectivity index (χ4n) is 2.98. The number of benzene rings is 2. The zero-order valence-corrected chi connectivity index (χ0v) is 16.7. The van der Waals surface area contributed by atoms with Gasteiger partial charge in [-0.15, -0.1) is 0 Å². The van der Waals surface area contributed by atoms with Crippen LogP contribution in [0.1, 0.15) is 38.7 Å². The number of para-hydroxylation sites is 2. The molecule has 0 aliphatic rings. The summed E-state index contributed by atoms with van der Waals surface area (Å²) < 4.78 is 7.36. The molecule has 0 saturated carbocycles. The van der Waals surface area contributed by atoms with E-state index in [9.17, 15) is 9.59 Å². The zero-order chi connectivity index (χ0) is 20.3. The smallest absolute Gasteiger partial charge is 0.258 e. The van der Waals surface area contributed by atoms with Crippen LogP contribution in [0.2, 0.25) is 5.02 Å². The van der Waals surface area contributed by atoms with Crippen LogP contribution < -0.4 is 10.1 Å². The van der Waals surface area contributed by atoms with Crippen LogP contribution in [-0.4, -0.2) is 27.8 Å². The van der Waals surface area contributed by atoms with Crippen LogP contribution in [0.4, 0.5) is 0 Å². The Bertz CT molecular complexity index is 998. The molecular weight excluding hydrogens is 378 g/mol. The third kappa shape index (κ3) is 4.34. The van der Waals surface area contributed by atoms with E-state index >= 15 is 0 Å². The Morgan fingerprint density at radius 1 is 1.14 bits per heavy atom. The van der Waals surface area contributed by atoms with E-state index in [1.807, 2.05) is 42.7 Å². The Labute approximate surface area is 168 Å². The van der Waals surface area contributed by atoms with Crippen LogP contribution in [0.15, 0.2) is 48.5 Å². The summed E-state index contributed by atoms with van der Waals surface area (Å²) in [5, 5.41) is 3.49. The van der Waals surface area contributed by atoms with Crippen molar-refractivity contribution in [1.29, 1.82) is 0 Å². The monoisotopic (exact) mass is 399 g/mol. The van der Waals surface area contributed by atoms with Gasteiger partial charge in [-0.25, -0.2) is 4.98 Å². The van der Waals surface area contributed by atoms with Gasteiger partial charge in [0, 0.05) is 5.02 Å². The van der Waals surface area contributed by atoms with Crippen LogP contribution >= 0.6 is 11.6 Å². The second-order valence-corrected chi connectivity index (χ2v) is 7.08. The molecule has 1 heterocycles. The first-order valence-corrected chi connectivity index (χ1v) is 9.39. The Morgan fingerprint density at radius 2 is 1.82 bits per heavy atom. The number of carbonyl (C=O) groups is 2. The predicted octanol–water partition coefficient (Wildman–Crippen LogP) is 4.10. The highest BCUT2D eigenvalue weighted by Gasteiger charge is 2.23. The van der Waals surface area contributed by atoms with Gasteiger partial charge in [-0.1, -0.05) is 23.7 Å². The Hall–Kier alpha value is -2.86. The highest BCUT2D eigenvalue weighted by molar-refractivity contribution is 6.30. The molecule has 7 heteroatoms. The number of hydrogen-bond donors (Lipinski definition) is 1. The third-order valence-electron chi connectivity index (χ3n) is 4.55. The number of carbonyl (C=O) groups excluding carboxylic acids is 2. The van der Waals surface area contributed by atoms with Crippen LogP contribution in [0.5, 0.6) is 5.75 Å². The summed E-state index contributed by atoms with van der Waals surface area (Å²) in [4.78, 5) is 29.0. The van der Waals surface area contributed by atoms with Crippen LogP contribution in [0, 0.1) is 0 Å². The molecule has 0 fully saturated rings. The lowest BCUT2D eigenvalue weighted by Gasteiger charge is -2.19. The molecule has 146 valence electrons. The molecule has 3 rings (SSSR count). The predicted molar refractivity (Wildman–Crippen MR) is 109 cm³/mol. The lowest BCUT2D eigenvalue weighted by Crippen LogP contribution is -2.33. The van der Waals surface area contributed by atoms with Gasteiger partial charge in [0.1, 0.15) is 11.6 Å². The topological polar surface area (TPSA) is 73.2 Å². The minimum atomic E-state index is -0.393. The van der Waals surface area contributed by atoms with Crippen molar-refractivity contribution in [2.75, 3.05) is 6.61 Å². The Kier molecular flexibility index (Phi) is 5.99. The SMILES string of the molecule is CC(=O)C(C)n1c(C(C)NC(=O)COc2ccc(Cl)cc2)nc2ccccc21. The fourth-order valence-corrected chi connectivity index (χ4v) is 3.11. The summed E-state index contributed by atoms with van der Waals surface area (Å²) in [6.45, 7) is 5.09. The molecule has 6 nitrogen and oxygen atoms in total. The standard InChI is InChI=1S/C21H22ClN3O3/c1-13(23-20(27)12-28-17-10-8-16(22)9-11-17)21-24-18-6-4-5-7-19(18)25(21)14(2)15(3)26/h4-11,13-14H,12H2,1-3H3,(H,23,27). The second-order valence-electron chi connectivity index (χ2n) is 6.65. The van der Waals surface area contributed by atoms with Gasteiger partial charge < -0.3 is 14.6 Å². The molecule has 0 saturated heterocycles. The summed E-state index contributed by atoms with van der Waals surface area (Å²) >= 11 is 5.84. The first-order valence-electron chi connectivity index (χ1n) is 9.02. The van der Waals surface area contributed by atoms with E-state index < -0.39 is 6.04 Å². The number of halogens is 1. The lowest BCUT2D eigenvalue weighted by molar-refractivity contribution is -0.123. The van der Waals surface area contributed by atoms with E-state index in [0.717, 1.165) is 11.0 Å². The zero-order valence-electron chi connectivity index (χ0n) is 16.0. The van der Waals surface area contributed by atoms with Crippen molar-refractivity contribution < 1.29 is 14.3 Å². The maximum absolute atomic E-state index is 12.3. The van der Waals surface area contributed by atoms with Gasteiger partial charge in [-0.3, -0.25) is 9.59 Å². The first-order chi connectivity index (χ1) is 13.4. The van der Waals surface area contributed by atoms with E-state index in [-0.39, 0.29) is 24.3 Å². The van der Waals surface area contributed by atoms with Crippen LogP contribution in [0.25, 0.3) is 11.0 Å². The number of fused-ring (bicyclic) bond motifs is 1. The Balaban J connectivity index is 1.76. The number of imidazole rings is 1. The van der Waals surface area contributed by atoms with Crippen LogP contribution in [-0.2, 0) is 9.59 Å². The van der Waals surface area contributed by atoms with Gasteiger partial charge >= 0.3 is 0 Å². The van der Waals surface area contributed by atoms with Gasteiger partial charge in [0.2, 0.25) is 0 Å². The number of hydrogen-bond acceptors (Lipinski definition) is 4. The van der Waals surface area contributed by atoms with Gasteiger partial charge in [0.25, 0.3) is 5.91 Å². The van der Waals surface area contributed by atoms with E-state index in [2.05, 4.69) is 10.3 Å². The molecule has 1 amide bonds. The van der Waals surface area contributed by atoms with Crippen molar-refractivity contribution in [2.24, 2.45) is 0 Å². The van der Waals surface area contributed by atoms with Crippen molar-refractivity contribution in [1.82, 2.24) is 14.9 Å². The first kappa shape index (κ1) is 19.9. The highest BCUT2D eigenvalue weighted by Crippen LogP contribution is 2.25. The van der Waals surface area contributed by atoms with Gasteiger partial charge in [-0.2, -0.15) is 0 Å². The van der Waals surface area contributed by atoms with Crippen molar-refractivity contribution in [2.45, 2.75) is 32.9 Å². The molecule has 1 N–H and O–H groups in total. The summed E-state index contributed by atoms with van der Waals surface area (Å²) in [7, 11) is 0. The van der Waals surface area contributed by atoms with E-state index in [0.29, 0.717) is 16.6 Å². The molecule has 2 aromatic carbocycles. The quantitative estimate of drug-likeness (QED) is 0.649. The molecule has 0 spiro atoms. The minimum absolute atomic E-state index is 0.0222. The molecule has 1 aromatic heterocycles. The summed E-state index contributed by atoms with van der Waals surface area (Å²) in [5.74, 6) is 0.930. The Morgan fingerprint density at radius 3 is 2.50 bits per heavy atom. The molecule has 28 heavy (non-hydrogen) atoms. The average Bonchev–Trinajstić information content (AvgIpc) is 3.06. The van der Waals surface area contributed by atoms with Gasteiger partial charge in [0.05, 0.1) is 23.1 Å². The maximum atomic E-state index is 12.3. The molecular formula is C21H22ClN3O3. The van der Waals surface area contributed by atoms with Crippen molar-refractivity contribution >= 4 is 34.3 Å². The van der Waals surface area contributed by atoms with Gasteiger partial charge in [0.15, 0.2) is 12.4 Å². The number of nitrogens with zero attached hydrogens (tertiary/aromatic N) is 2. The summed E-state index contributed by atoms with van der Waals surface area (Å²) in [6.07, 6.45) is 0. The number of aromatic nitrogens is 2. The number of ketones is 1. The normalized spacial score (nSPS) is 13.1. The molecule has 2 atom stereocenters. The lowest BCUT2D eigenvalue weighted by atomic mass is 10.2. The maximum Gasteiger partial charge on any atom is 0.258 e. The summed E-state index contributed by atoms with van der Waals surface area (Å²) in [5.41, 5.74) is 1.64. The molecule has 3 aromatic rings. The average molecular weight is 400 g/mol. The second kappa shape index (κ2) is 8.44. The number of ether oxygens (including phenoxy) is 1. The summed E-state index contributed by atoms with van der Waals surface area (Å²) in [6, 6.07) is 13.6. The van der Waals surface area contributed by atoms with Crippen LogP contribution in [0.3, 0.4) is 0 Å². The van der Waals surface area contributed by atoms with E-state index in [1.54, 1.807) is 31.2 Å². The third-order valence-corrected chi connectivity index (χ3v) is 4.80. The van der Waals surface area contributed by atoms with Crippen molar-refractivity contribution in [3.05, 3.63) is 59.4 Å². The number of Topliss-reactive ketones (excluding diaryl/α,β-unsaturated/α-hetero) is 1. The molecule has 0 aliphatic heterocycles. The highest BCUT2D eigenvalue weighted by atomic mass is 35.5. The number of rotatable bonds is 7.